The summed E-state index contributed by atoms with van der Waals surface area (Å²) in [6.07, 6.45) is 4.71. The van der Waals surface area contributed by atoms with Crippen molar-refractivity contribution >= 4 is 5.52 Å². The van der Waals surface area contributed by atoms with Crippen molar-refractivity contribution in [2.45, 2.75) is 40.0 Å². The van der Waals surface area contributed by atoms with E-state index in [0.717, 1.165) is 23.4 Å². The Hall–Kier alpha value is -1.38. The van der Waals surface area contributed by atoms with Crippen LogP contribution in [0.3, 0.4) is 0 Å². The van der Waals surface area contributed by atoms with Gasteiger partial charge in [-0.05, 0) is 26.2 Å². The molecule has 3 heteroatoms. The molecule has 0 fully saturated rings. The number of halogens is 1. The van der Waals surface area contributed by atoms with Gasteiger partial charge in [0.15, 0.2) is 5.82 Å². The van der Waals surface area contributed by atoms with Crippen LogP contribution in [-0.2, 0) is 0 Å². The summed E-state index contributed by atoms with van der Waals surface area (Å²) >= 11 is 0. The second kappa shape index (κ2) is 3.89. The first-order valence-electron chi connectivity index (χ1n) is 5.68. The SMILES string of the molecule is CCC(C)c1cn2cc(C)nc(C)c2c1F. The van der Waals surface area contributed by atoms with Gasteiger partial charge in [0.25, 0.3) is 0 Å². The average Bonchev–Trinajstić information content (AvgIpc) is 2.54. The lowest BCUT2D eigenvalue weighted by molar-refractivity contribution is 0.597. The Kier molecular flexibility index (Phi) is 2.70. The summed E-state index contributed by atoms with van der Waals surface area (Å²) in [6.45, 7) is 7.90. The molecule has 0 spiro atoms. The highest BCUT2D eigenvalue weighted by Crippen LogP contribution is 2.27. The van der Waals surface area contributed by atoms with Gasteiger partial charge < -0.3 is 4.40 Å². The summed E-state index contributed by atoms with van der Waals surface area (Å²) in [4.78, 5) is 4.30. The molecule has 0 amide bonds. The molecule has 0 radical (unpaired) electrons. The summed E-state index contributed by atoms with van der Waals surface area (Å²) in [7, 11) is 0. The molecule has 1 atom stereocenters. The van der Waals surface area contributed by atoms with Crippen LogP contribution in [0, 0.1) is 19.7 Å². The molecule has 0 aliphatic heterocycles. The molecular weight excluding hydrogens is 203 g/mol. The molecule has 0 saturated carbocycles. The highest BCUT2D eigenvalue weighted by Gasteiger charge is 2.17. The summed E-state index contributed by atoms with van der Waals surface area (Å²) in [5.74, 6) is 0.138. The highest BCUT2D eigenvalue weighted by molar-refractivity contribution is 5.56. The van der Waals surface area contributed by atoms with Crippen molar-refractivity contribution in [1.82, 2.24) is 9.38 Å². The molecule has 0 saturated heterocycles. The van der Waals surface area contributed by atoms with Gasteiger partial charge >= 0.3 is 0 Å². The Bertz CT molecular complexity index is 528. The number of fused-ring (bicyclic) bond motifs is 1. The van der Waals surface area contributed by atoms with Crippen molar-refractivity contribution in [3.63, 3.8) is 0 Å². The van der Waals surface area contributed by atoms with Gasteiger partial charge in [0.2, 0.25) is 0 Å². The van der Waals surface area contributed by atoms with E-state index in [0.29, 0.717) is 5.52 Å². The smallest absolute Gasteiger partial charge is 0.153 e. The van der Waals surface area contributed by atoms with E-state index in [2.05, 4.69) is 11.9 Å². The van der Waals surface area contributed by atoms with E-state index >= 15 is 0 Å². The summed E-state index contributed by atoms with van der Waals surface area (Å²) in [6, 6.07) is 0. The molecule has 1 unspecified atom stereocenters. The van der Waals surface area contributed by atoms with Crippen molar-refractivity contribution in [3.05, 3.63) is 35.2 Å². The summed E-state index contributed by atoms with van der Waals surface area (Å²) in [5.41, 5.74) is 3.07. The number of hydrogen-bond acceptors (Lipinski definition) is 1. The van der Waals surface area contributed by atoms with Gasteiger partial charge in [0.05, 0.1) is 11.4 Å². The summed E-state index contributed by atoms with van der Waals surface area (Å²) in [5, 5.41) is 0. The Morgan fingerprint density at radius 3 is 2.69 bits per heavy atom. The van der Waals surface area contributed by atoms with E-state index in [4.69, 9.17) is 0 Å². The minimum absolute atomic E-state index is 0.112. The van der Waals surface area contributed by atoms with Gasteiger partial charge in [0.1, 0.15) is 5.52 Å². The maximum atomic E-state index is 14.2. The van der Waals surface area contributed by atoms with Gasteiger partial charge in [-0.3, -0.25) is 4.98 Å². The third kappa shape index (κ3) is 1.60. The standard InChI is InChI=1S/C13H17FN2/c1-5-8(2)11-7-16-6-9(3)15-10(4)13(16)12(11)14/h6-8H,5H2,1-4H3. The van der Waals surface area contributed by atoms with Crippen LogP contribution in [0.25, 0.3) is 5.52 Å². The van der Waals surface area contributed by atoms with E-state index in [1.165, 1.54) is 0 Å². The van der Waals surface area contributed by atoms with E-state index in [9.17, 15) is 4.39 Å². The monoisotopic (exact) mass is 220 g/mol. The Morgan fingerprint density at radius 2 is 2.06 bits per heavy atom. The predicted octanol–water partition coefficient (Wildman–Crippen LogP) is 3.60. The molecule has 0 aliphatic rings. The van der Waals surface area contributed by atoms with Gasteiger partial charge in [-0.15, -0.1) is 0 Å². The highest BCUT2D eigenvalue weighted by atomic mass is 19.1. The molecule has 86 valence electrons. The Morgan fingerprint density at radius 1 is 1.38 bits per heavy atom. The van der Waals surface area contributed by atoms with E-state index in [1.54, 1.807) is 0 Å². The van der Waals surface area contributed by atoms with Gasteiger partial charge in [-0.1, -0.05) is 13.8 Å². The molecule has 0 aliphatic carbocycles. The van der Waals surface area contributed by atoms with E-state index < -0.39 is 0 Å². The van der Waals surface area contributed by atoms with Crippen LogP contribution in [0.1, 0.15) is 43.1 Å². The largest absolute Gasteiger partial charge is 0.318 e. The lowest BCUT2D eigenvalue weighted by Gasteiger charge is -2.04. The van der Waals surface area contributed by atoms with Crippen LogP contribution in [0.5, 0.6) is 0 Å². The fourth-order valence-corrected chi connectivity index (χ4v) is 2.08. The van der Waals surface area contributed by atoms with E-state index in [1.807, 2.05) is 37.6 Å². The van der Waals surface area contributed by atoms with Crippen molar-refractivity contribution in [2.24, 2.45) is 0 Å². The topological polar surface area (TPSA) is 17.3 Å². The third-order valence-electron chi connectivity index (χ3n) is 3.15. The molecule has 2 aromatic rings. The molecular formula is C13H17FN2. The molecule has 2 nitrogen and oxygen atoms in total. The number of hydrogen-bond donors (Lipinski definition) is 0. The predicted molar refractivity (Wildman–Crippen MR) is 63.3 cm³/mol. The fraction of sp³-hybridized carbons (Fsp3) is 0.462. The van der Waals surface area contributed by atoms with Gasteiger partial charge in [-0.2, -0.15) is 0 Å². The second-order valence-electron chi connectivity index (χ2n) is 4.43. The summed E-state index contributed by atoms with van der Waals surface area (Å²) < 4.78 is 16.1. The molecule has 0 N–H and O–H groups in total. The average molecular weight is 220 g/mol. The van der Waals surface area contributed by atoms with Gasteiger partial charge in [0, 0.05) is 18.0 Å². The first kappa shape index (κ1) is 11.1. The van der Waals surface area contributed by atoms with Crippen molar-refractivity contribution in [3.8, 4) is 0 Å². The number of rotatable bonds is 2. The minimum atomic E-state index is -0.112. The number of aryl methyl sites for hydroxylation is 2. The van der Waals surface area contributed by atoms with Crippen LogP contribution in [-0.4, -0.2) is 9.38 Å². The fourth-order valence-electron chi connectivity index (χ4n) is 2.08. The molecule has 16 heavy (non-hydrogen) atoms. The Balaban J connectivity index is 2.73. The molecule has 2 aromatic heterocycles. The molecule has 0 bridgehead atoms. The zero-order valence-corrected chi connectivity index (χ0v) is 10.2. The van der Waals surface area contributed by atoms with Crippen LogP contribution in [0.2, 0.25) is 0 Å². The second-order valence-corrected chi connectivity index (χ2v) is 4.43. The molecule has 2 rings (SSSR count). The zero-order chi connectivity index (χ0) is 11.9. The third-order valence-corrected chi connectivity index (χ3v) is 3.15. The van der Waals surface area contributed by atoms with E-state index in [-0.39, 0.29) is 11.7 Å². The van der Waals surface area contributed by atoms with Crippen molar-refractivity contribution in [1.29, 1.82) is 0 Å². The molecule has 2 heterocycles. The van der Waals surface area contributed by atoms with Crippen LogP contribution < -0.4 is 0 Å². The number of aromatic nitrogens is 2. The lowest BCUT2D eigenvalue weighted by Crippen LogP contribution is -1.94. The minimum Gasteiger partial charge on any atom is -0.318 e. The zero-order valence-electron chi connectivity index (χ0n) is 10.2. The normalized spacial score (nSPS) is 13.3. The van der Waals surface area contributed by atoms with Crippen LogP contribution in [0.15, 0.2) is 12.4 Å². The molecule has 0 aromatic carbocycles. The van der Waals surface area contributed by atoms with Gasteiger partial charge in [-0.25, -0.2) is 4.39 Å². The van der Waals surface area contributed by atoms with Crippen LogP contribution >= 0.6 is 0 Å². The van der Waals surface area contributed by atoms with Crippen LogP contribution in [0.4, 0.5) is 4.39 Å². The maximum absolute atomic E-state index is 14.2. The number of nitrogens with zero attached hydrogens (tertiary/aromatic N) is 2. The lowest BCUT2D eigenvalue weighted by atomic mass is 10.0. The van der Waals surface area contributed by atoms with Crippen molar-refractivity contribution in [2.75, 3.05) is 0 Å². The first-order valence-corrected chi connectivity index (χ1v) is 5.68. The Labute approximate surface area is 95.1 Å². The maximum Gasteiger partial charge on any atom is 0.153 e. The quantitative estimate of drug-likeness (QED) is 0.755. The first-order chi connectivity index (χ1) is 7.54. The van der Waals surface area contributed by atoms with Crippen molar-refractivity contribution < 1.29 is 4.39 Å².